The minimum Gasteiger partial charge on any atom is -0.374 e. The summed E-state index contributed by atoms with van der Waals surface area (Å²) in [6.07, 6.45) is 19.7. The van der Waals surface area contributed by atoms with Crippen LogP contribution in [-0.4, -0.2) is 10.7 Å². The highest BCUT2D eigenvalue weighted by molar-refractivity contribution is 5.18. The second-order valence-electron chi connectivity index (χ2n) is 4.48. The monoisotopic (exact) mass is 206 g/mol. The van der Waals surface area contributed by atoms with Gasteiger partial charge in [0.1, 0.15) is 5.60 Å². The summed E-state index contributed by atoms with van der Waals surface area (Å²) in [6.45, 7) is 0. The van der Waals surface area contributed by atoms with E-state index in [0.29, 0.717) is 6.42 Å². The maximum absolute atomic E-state index is 10.0. The lowest BCUT2D eigenvalue weighted by Crippen LogP contribution is -2.23. The molecule has 0 aromatic rings. The van der Waals surface area contributed by atoms with E-state index in [0.717, 1.165) is 12.8 Å². The van der Waals surface area contributed by atoms with Gasteiger partial charge < -0.3 is 5.11 Å². The summed E-state index contributed by atoms with van der Waals surface area (Å²) in [6, 6.07) is 0. The molecule has 1 nitrogen and oxygen atoms in total. The van der Waals surface area contributed by atoms with Gasteiger partial charge in [0.05, 0.1) is 0 Å². The van der Waals surface area contributed by atoms with Crippen LogP contribution in [0.3, 0.4) is 0 Å². The lowest BCUT2D eigenvalue weighted by molar-refractivity contribution is 0.138. The van der Waals surface area contributed by atoms with Crippen LogP contribution in [-0.2, 0) is 0 Å². The Balaban J connectivity index is 2.49. The highest BCUT2D eigenvalue weighted by Gasteiger charge is 2.18. The zero-order valence-corrected chi connectivity index (χ0v) is 9.54. The molecule has 0 saturated heterocycles. The highest BCUT2D eigenvalue weighted by atomic mass is 16.3. The third-order valence-corrected chi connectivity index (χ3v) is 3.07. The van der Waals surface area contributed by atoms with Gasteiger partial charge in [-0.05, 0) is 31.8 Å². The van der Waals surface area contributed by atoms with Crippen LogP contribution >= 0.6 is 0 Å². The Morgan fingerprint density at radius 2 is 1.60 bits per heavy atom. The minimum atomic E-state index is -0.987. The van der Waals surface area contributed by atoms with E-state index >= 15 is 0 Å². The van der Waals surface area contributed by atoms with Crippen molar-refractivity contribution in [3.05, 3.63) is 12.2 Å². The van der Waals surface area contributed by atoms with Crippen LogP contribution in [0.25, 0.3) is 0 Å². The molecular weight excluding hydrogens is 184 g/mol. The number of hydrogen-bond donors (Lipinski definition) is 1. The summed E-state index contributed by atoms with van der Waals surface area (Å²) >= 11 is 0. The normalized spacial score (nSPS) is 32.0. The molecule has 15 heavy (non-hydrogen) atoms. The van der Waals surface area contributed by atoms with E-state index < -0.39 is 5.60 Å². The van der Waals surface area contributed by atoms with Crippen LogP contribution < -0.4 is 0 Å². The van der Waals surface area contributed by atoms with Gasteiger partial charge in [0.2, 0.25) is 0 Å². The standard InChI is InChI=1S/C14H22O/c1-2-14(15)12-10-8-6-4-3-5-7-9-11-13-14/h1,10,12,15H,3-9,11,13H2/b12-10+. The highest BCUT2D eigenvalue weighted by Crippen LogP contribution is 2.19. The molecular formula is C14H22O. The Labute approximate surface area is 93.6 Å². The maximum Gasteiger partial charge on any atom is 0.143 e. The van der Waals surface area contributed by atoms with Crippen molar-refractivity contribution in [2.75, 3.05) is 0 Å². The lowest BCUT2D eigenvalue weighted by atomic mass is 9.94. The van der Waals surface area contributed by atoms with Crippen LogP contribution in [0.15, 0.2) is 12.2 Å². The van der Waals surface area contributed by atoms with Gasteiger partial charge in [-0.15, -0.1) is 6.42 Å². The quantitative estimate of drug-likeness (QED) is 0.475. The molecule has 1 unspecified atom stereocenters. The van der Waals surface area contributed by atoms with Crippen molar-refractivity contribution < 1.29 is 5.11 Å². The van der Waals surface area contributed by atoms with Gasteiger partial charge in [-0.3, -0.25) is 0 Å². The zero-order valence-electron chi connectivity index (χ0n) is 9.54. The van der Waals surface area contributed by atoms with Crippen molar-refractivity contribution in [2.24, 2.45) is 0 Å². The van der Waals surface area contributed by atoms with Crippen LogP contribution in [0, 0.1) is 12.3 Å². The maximum atomic E-state index is 10.0. The molecule has 1 heteroatoms. The van der Waals surface area contributed by atoms with Gasteiger partial charge in [-0.1, -0.05) is 44.1 Å². The Bertz CT molecular complexity index is 236. The Morgan fingerprint density at radius 1 is 1.00 bits per heavy atom. The van der Waals surface area contributed by atoms with E-state index in [9.17, 15) is 5.11 Å². The smallest absolute Gasteiger partial charge is 0.143 e. The zero-order chi connectivity index (χ0) is 11.0. The van der Waals surface area contributed by atoms with Gasteiger partial charge in [0.25, 0.3) is 0 Å². The summed E-state index contributed by atoms with van der Waals surface area (Å²) in [5, 5.41) is 10.0. The van der Waals surface area contributed by atoms with Crippen molar-refractivity contribution in [2.45, 2.75) is 63.4 Å². The first-order valence-electron chi connectivity index (χ1n) is 6.15. The molecule has 1 aliphatic carbocycles. The Morgan fingerprint density at radius 3 is 2.27 bits per heavy atom. The average molecular weight is 206 g/mol. The summed E-state index contributed by atoms with van der Waals surface area (Å²) in [7, 11) is 0. The van der Waals surface area contributed by atoms with Crippen molar-refractivity contribution in [1.82, 2.24) is 0 Å². The average Bonchev–Trinajstić information content (AvgIpc) is 2.23. The molecule has 0 aromatic heterocycles. The van der Waals surface area contributed by atoms with Crippen LogP contribution in [0.1, 0.15) is 57.8 Å². The first-order chi connectivity index (χ1) is 7.27. The topological polar surface area (TPSA) is 20.2 Å². The Kier molecular flexibility index (Phi) is 5.50. The van der Waals surface area contributed by atoms with Crippen molar-refractivity contribution in [3.8, 4) is 12.3 Å². The molecule has 0 radical (unpaired) electrons. The van der Waals surface area contributed by atoms with Crippen molar-refractivity contribution >= 4 is 0 Å². The SMILES string of the molecule is C#CC1(O)/C=C/CCCCCCCCC1. The van der Waals surface area contributed by atoms with Gasteiger partial charge >= 0.3 is 0 Å². The summed E-state index contributed by atoms with van der Waals surface area (Å²) < 4.78 is 0. The molecule has 0 spiro atoms. The van der Waals surface area contributed by atoms with E-state index in [4.69, 9.17) is 6.42 Å². The fourth-order valence-electron chi connectivity index (χ4n) is 2.02. The minimum absolute atomic E-state index is 0.708. The number of hydrogen-bond acceptors (Lipinski definition) is 1. The molecule has 1 atom stereocenters. The molecule has 0 heterocycles. The predicted octanol–water partition coefficient (Wildman–Crippen LogP) is 3.43. The first kappa shape index (κ1) is 12.3. The van der Waals surface area contributed by atoms with E-state index in [1.165, 1.54) is 38.5 Å². The van der Waals surface area contributed by atoms with Gasteiger partial charge in [-0.25, -0.2) is 0 Å². The van der Waals surface area contributed by atoms with Crippen molar-refractivity contribution in [1.29, 1.82) is 0 Å². The molecule has 0 fully saturated rings. The largest absolute Gasteiger partial charge is 0.374 e. The van der Waals surface area contributed by atoms with Gasteiger partial charge in [0, 0.05) is 0 Å². The third-order valence-electron chi connectivity index (χ3n) is 3.07. The van der Waals surface area contributed by atoms with E-state index in [1.807, 2.05) is 12.2 Å². The molecule has 0 aliphatic heterocycles. The molecule has 1 aliphatic rings. The van der Waals surface area contributed by atoms with E-state index in [1.54, 1.807) is 0 Å². The van der Waals surface area contributed by atoms with Crippen molar-refractivity contribution in [3.63, 3.8) is 0 Å². The molecule has 0 aromatic carbocycles. The summed E-state index contributed by atoms with van der Waals surface area (Å²) in [4.78, 5) is 0. The first-order valence-corrected chi connectivity index (χ1v) is 6.15. The molecule has 0 amide bonds. The lowest BCUT2D eigenvalue weighted by Gasteiger charge is -2.18. The fraction of sp³-hybridized carbons (Fsp3) is 0.714. The molecule has 84 valence electrons. The predicted molar refractivity (Wildman–Crippen MR) is 64.5 cm³/mol. The van der Waals surface area contributed by atoms with Crippen LogP contribution in [0.2, 0.25) is 0 Å². The summed E-state index contributed by atoms with van der Waals surface area (Å²) in [5.41, 5.74) is -0.987. The number of terminal acetylenes is 1. The van der Waals surface area contributed by atoms with E-state index in [-0.39, 0.29) is 0 Å². The molecule has 0 saturated carbocycles. The Hall–Kier alpha value is -0.740. The van der Waals surface area contributed by atoms with Gasteiger partial charge in [-0.2, -0.15) is 0 Å². The van der Waals surface area contributed by atoms with Crippen LogP contribution in [0.5, 0.6) is 0 Å². The van der Waals surface area contributed by atoms with Crippen LogP contribution in [0.4, 0.5) is 0 Å². The number of allylic oxidation sites excluding steroid dienone is 1. The fourth-order valence-corrected chi connectivity index (χ4v) is 2.02. The number of aliphatic hydroxyl groups is 1. The molecule has 1 N–H and O–H groups in total. The second-order valence-corrected chi connectivity index (χ2v) is 4.48. The van der Waals surface area contributed by atoms with E-state index in [2.05, 4.69) is 5.92 Å². The third kappa shape index (κ3) is 5.04. The number of rotatable bonds is 0. The molecule has 1 rings (SSSR count). The molecule has 0 bridgehead atoms. The summed E-state index contributed by atoms with van der Waals surface area (Å²) in [5.74, 6) is 2.50. The second kappa shape index (κ2) is 6.69. The van der Waals surface area contributed by atoms with Gasteiger partial charge in [0.15, 0.2) is 0 Å².